The normalized spacial score (nSPS) is 13.8. The van der Waals surface area contributed by atoms with Gasteiger partial charge in [-0.15, -0.1) is 68.0 Å². The molecule has 3 aliphatic heterocycles. The number of ether oxygens (including phenoxy) is 2. The van der Waals surface area contributed by atoms with Gasteiger partial charge in [0.2, 0.25) is 10.0 Å². The van der Waals surface area contributed by atoms with E-state index in [1.54, 1.807) is 41.4 Å². The number of furan rings is 1. The van der Waals surface area contributed by atoms with Gasteiger partial charge in [0.25, 0.3) is 75.5 Å². The molecule has 0 aromatic carbocycles. The highest BCUT2D eigenvalue weighted by Crippen LogP contribution is 2.38. The van der Waals surface area contributed by atoms with Crippen molar-refractivity contribution < 1.29 is 131 Å². The molecular formula is C65H102Br2N12O29S14. The maximum absolute atomic E-state index is 12.2. The monoisotopic (exact) mass is 2120 g/mol. The Morgan fingerprint density at radius 1 is 0.492 bits per heavy atom. The second kappa shape index (κ2) is 50.2. The van der Waals surface area contributed by atoms with Crippen molar-refractivity contribution in [2.45, 2.75) is 99.1 Å². The SMILES string of the molecule is C.C.C.C.C.CCS(=O)(=O)c1cc(S(C)(=O)=O)sc1C(=O)N(C)C.CN(C)C(=O)c1cc(S(=O)(=O)NO)c(-c2ccco2)s1.CN(C)C(=O)c1cc(S(=O)(=O)NO)c(S(C)(=O)=O)s1.CNS(=O)(=O)c1cc(C(=O)N2CCCCC2)cs1.O=C(NCCN1CCOCC1)c1cc(Br)c(S(=O)(=O)NO)s1.O=C(c1cc(Br)c(S(=O)(=O)NO)s1)N1CCOCC1. The fourth-order valence-corrected chi connectivity index (χ4v) is 27.8. The lowest BCUT2D eigenvalue weighted by Gasteiger charge is -2.26. The number of thiophene rings is 6. The topological polar surface area (TPSA) is 580 Å². The molecule has 6 amide bonds. The van der Waals surface area contributed by atoms with Gasteiger partial charge in [-0.3, -0.25) is 33.7 Å². The van der Waals surface area contributed by atoms with Crippen molar-refractivity contribution in [2.75, 3.05) is 146 Å². The number of morpholine rings is 2. The lowest BCUT2D eigenvalue weighted by molar-refractivity contribution is 0.0306. The van der Waals surface area contributed by atoms with Crippen molar-refractivity contribution in [1.82, 2.24) is 59.0 Å². The second-order valence-corrected chi connectivity index (χ2v) is 48.2. The van der Waals surface area contributed by atoms with Gasteiger partial charge in [-0.1, -0.05) is 63.6 Å². The first-order valence-corrected chi connectivity index (χ1v) is 52.4. The van der Waals surface area contributed by atoms with E-state index in [0.717, 1.165) is 120 Å². The fraction of sp³-hybridized carbons (Fsp3) is 0.477. The van der Waals surface area contributed by atoms with Crippen LogP contribution >= 0.6 is 99.9 Å². The first-order valence-electron chi connectivity index (χ1n) is 33.0. The molecule has 10 heterocycles. The van der Waals surface area contributed by atoms with E-state index in [-0.39, 0.29) is 126 Å². The van der Waals surface area contributed by atoms with Gasteiger partial charge in [-0.05, 0) is 107 Å². The number of rotatable bonds is 24. The van der Waals surface area contributed by atoms with Gasteiger partial charge in [0.15, 0.2) is 37.9 Å². The van der Waals surface area contributed by atoms with Gasteiger partial charge in [0.1, 0.15) is 33.1 Å². The summed E-state index contributed by atoms with van der Waals surface area (Å²) >= 11 is 11.0. The minimum atomic E-state index is -4.38. The van der Waals surface area contributed by atoms with E-state index in [2.05, 4.69) is 46.8 Å². The molecule has 694 valence electrons. The maximum atomic E-state index is 12.2. The molecule has 3 aliphatic rings. The largest absolute Gasteiger partial charge is 0.463 e. The molecule has 57 heteroatoms. The Balaban J connectivity index is 0.00000143. The van der Waals surface area contributed by atoms with Crippen LogP contribution in [0.4, 0.5) is 0 Å². The standard InChI is InChI=1S/C11H16BrN3O5S2.C11H12N2O5S2.C11H16N2O3S2.C10H15NO5S3.C9H11BrN2O5S2.C8H12N2O6S3.5CH4/c12-8-7-9(21-11(8)22(18,19)14-17)10(16)13-1-2-15-3-5-20-6-4-15;1-13(2)11(14)8-6-9(20(16,17)12-15)10(19-8)7-4-3-5-18-7;1-12-18(15,16)10-7-9(8-17-10)11(14)13-5-3-2-4-6-13;1-5-19(15,16)7-6-8(18(4,13)14)17-9(7)10(12)11(2)3;10-6-5-7(18-9(6)19(15,16)11-14)8(13)12-1-3-17-4-2-12;1-10(2)7(11)5-4-6(19(15,16)9-12)8(17-5)18(3,13)14;;;;;/h7,14,17H,1-6H2,(H,13,16);3-6,12,15H,1-2H3;7-8,12H,2-6H2,1H3;6H,5H2,1-4H3;5,11,14H,1-4H2;4,9,12H,1-3H3;5*1H4. The average molecular weight is 2120 g/mol. The number of sulfonamides is 5. The summed E-state index contributed by atoms with van der Waals surface area (Å²) in [6.07, 6.45) is 6.40. The molecule has 0 unspecified atom stereocenters. The van der Waals surface area contributed by atoms with E-state index in [0.29, 0.717) is 91.5 Å². The van der Waals surface area contributed by atoms with Crippen molar-refractivity contribution in [3.05, 3.63) is 99.1 Å². The molecule has 3 fully saturated rings. The molecule has 3 saturated heterocycles. The van der Waals surface area contributed by atoms with Crippen LogP contribution in [0.5, 0.6) is 0 Å². The molecule has 0 bridgehead atoms. The zero-order chi connectivity index (χ0) is 88.3. The zero-order valence-electron chi connectivity index (χ0n) is 63.2. The Kier molecular flexibility index (Phi) is 47.9. The van der Waals surface area contributed by atoms with Gasteiger partial charge >= 0.3 is 0 Å². The van der Waals surface area contributed by atoms with E-state index in [1.165, 1.54) is 102 Å². The third-order valence-corrected chi connectivity index (χ3v) is 37.7. The number of nitrogens with zero attached hydrogens (tertiary/aromatic N) is 6. The van der Waals surface area contributed by atoms with Crippen LogP contribution < -0.4 is 29.6 Å². The highest BCUT2D eigenvalue weighted by Gasteiger charge is 2.34. The van der Waals surface area contributed by atoms with Crippen LogP contribution in [0.1, 0.15) is 122 Å². The predicted molar refractivity (Wildman–Crippen MR) is 471 cm³/mol. The Morgan fingerprint density at radius 3 is 1.39 bits per heavy atom. The summed E-state index contributed by atoms with van der Waals surface area (Å²) in [7, 11) is -20.6. The minimum absolute atomic E-state index is 0. The smallest absolute Gasteiger partial charge is 0.272 e. The number of halogens is 2. The quantitative estimate of drug-likeness (QED) is 0.0275. The molecule has 41 nitrogen and oxygen atoms in total. The maximum Gasteiger partial charge on any atom is 0.272 e. The Hall–Kier alpha value is -5.62. The highest BCUT2D eigenvalue weighted by molar-refractivity contribution is 9.10. The number of amides is 6. The van der Waals surface area contributed by atoms with Crippen LogP contribution in [0.2, 0.25) is 0 Å². The van der Waals surface area contributed by atoms with Crippen LogP contribution in [0.25, 0.3) is 10.6 Å². The minimum Gasteiger partial charge on any atom is -0.463 e. The number of sulfone groups is 3. The number of nitrogens with one attached hydrogen (secondary N) is 6. The Labute approximate surface area is 752 Å². The fourth-order valence-electron chi connectivity index (χ4n) is 9.46. The van der Waals surface area contributed by atoms with Gasteiger partial charge in [-0.25, -0.2) is 72.1 Å². The van der Waals surface area contributed by atoms with Crippen molar-refractivity contribution >= 4 is 215 Å². The van der Waals surface area contributed by atoms with E-state index >= 15 is 0 Å². The van der Waals surface area contributed by atoms with E-state index in [1.807, 2.05) is 0 Å². The van der Waals surface area contributed by atoms with E-state index in [4.69, 9.17) is 34.7 Å². The molecule has 0 atom stereocenters. The third-order valence-electron chi connectivity index (χ3n) is 15.4. The summed E-state index contributed by atoms with van der Waals surface area (Å²) in [5.74, 6) is -1.93. The van der Waals surface area contributed by atoms with Crippen LogP contribution in [-0.2, 0) is 89.1 Å². The first-order chi connectivity index (χ1) is 54.3. The molecule has 0 radical (unpaired) electrons. The molecule has 122 heavy (non-hydrogen) atoms. The highest BCUT2D eigenvalue weighted by atomic mass is 79.9. The number of piperidine rings is 1. The van der Waals surface area contributed by atoms with Crippen molar-refractivity contribution in [3.63, 3.8) is 0 Å². The number of hydrogen-bond acceptors (Lipinski definition) is 36. The number of carbonyl (C=O) groups is 6. The summed E-state index contributed by atoms with van der Waals surface area (Å²) in [6, 6.07) is 10.7. The molecule has 0 saturated carbocycles. The zero-order valence-corrected chi connectivity index (χ0v) is 77.8. The van der Waals surface area contributed by atoms with Crippen molar-refractivity contribution in [2.24, 2.45) is 0 Å². The van der Waals surface area contributed by atoms with Crippen LogP contribution in [0.15, 0.2) is 109 Å². The van der Waals surface area contributed by atoms with Crippen molar-refractivity contribution in [1.29, 1.82) is 0 Å². The number of carbonyl (C=O) groups excluding carboxylic acids is 6. The molecule has 10 rings (SSSR count). The Bertz CT molecular complexity index is 5640. The summed E-state index contributed by atoms with van der Waals surface area (Å²) in [5, 5.41) is 38.9. The molecule has 0 spiro atoms. The van der Waals surface area contributed by atoms with Gasteiger partial charge < -0.3 is 64.5 Å². The van der Waals surface area contributed by atoms with Gasteiger partial charge in [0, 0.05) is 121 Å². The van der Waals surface area contributed by atoms with E-state index in [9.17, 15) is 96.1 Å². The summed E-state index contributed by atoms with van der Waals surface area (Å²) in [4.78, 5) is 85.8. The summed E-state index contributed by atoms with van der Waals surface area (Å²) in [6.45, 7) is 9.13. The summed E-state index contributed by atoms with van der Waals surface area (Å²) < 4.78 is 203. The second-order valence-electron chi connectivity index (χ2n) is 24.5. The van der Waals surface area contributed by atoms with Crippen LogP contribution in [0, 0.1) is 0 Å². The number of likely N-dealkylation sites (tertiary alicyclic amines) is 1. The Morgan fingerprint density at radius 2 is 0.943 bits per heavy atom. The molecule has 0 aliphatic carbocycles. The predicted octanol–water partition coefficient (Wildman–Crippen LogP) is 6.90. The van der Waals surface area contributed by atoms with Gasteiger partial charge in [-0.2, -0.15) is 0 Å². The average Bonchev–Trinajstić information content (AvgIpc) is 1.64. The van der Waals surface area contributed by atoms with Gasteiger partial charge in [0.05, 0.1) is 73.3 Å². The molecule has 7 aromatic heterocycles. The molecule has 7 aromatic rings. The lowest BCUT2D eigenvalue weighted by atomic mass is 10.1. The third kappa shape index (κ3) is 32.0. The van der Waals surface area contributed by atoms with Crippen LogP contribution in [0.3, 0.4) is 0 Å². The first kappa shape index (κ1) is 116. The molecule has 10 N–H and O–H groups in total. The summed E-state index contributed by atoms with van der Waals surface area (Å²) in [5.41, 5.74) is 0.468. The lowest BCUT2D eigenvalue weighted by Crippen LogP contribution is -2.41. The number of hydrogen-bond donors (Lipinski definition) is 10. The van der Waals surface area contributed by atoms with E-state index < -0.39 is 101 Å². The molecular weight excluding hydrogens is 2020 g/mol. The van der Waals surface area contributed by atoms with Crippen molar-refractivity contribution in [3.8, 4) is 10.6 Å². The van der Waals surface area contributed by atoms with Crippen LogP contribution in [-0.4, -0.2) is 299 Å².